The quantitative estimate of drug-likeness (QED) is 0.228. The van der Waals surface area contributed by atoms with Crippen LogP contribution in [0.25, 0.3) is 28.2 Å². The van der Waals surface area contributed by atoms with Gasteiger partial charge in [0.2, 0.25) is 0 Å². The zero-order valence-corrected chi connectivity index (χ0v) is 20.1. The number of thioether (sulfide) groups is 1. The lowest BCUT2D eigenvalue weighted by Gasteiger charge is -2.14. The maximum atomic E-state index is 12.9. The first-order valence-electron chi connectivity index (χ1n) is 11.2. The van der Waals surface area contributed by atoms with Crippen molar-refractivity contribution in [2.45, 2.75) is 0 Å². The van der Waals surface area contributed by atoms with E-state index in [-0.39, 0.29) is 23.3 Å². The minimum atomic E-state index is -0.476. The third-order valence-electron chi connectivity index (χ3n) is 5.69. The van der Waals surface area contributed by atoms with Crippen molar-refractivity contribution >= 4 is 45.7 Å². The molecule has 2 heterocycles. The number of benzene rings is 3. The Hall–Kier alpha value is -4.30. The van der Waals surface area contributed by atoms with Crippen LogP contribution in [0.15, 0.2) is 88.2 Å². The summed E-state index contributed by atoms with van der Waals surface area (Å²) in [6.45, 7) is 0.301. The molecule has 0 spiro atoms. The first-order valence-corrected chi connectivity index (χ1v) is 12.0. The molecular formula is C28H21NO6S. The monoisotopic (exact) mass is 499 g/mol. The Morgan fingerprint density at radius 1 is 0.972 bits per heavy atom. The summed E-state index contributed by atoms with van der Waals surface area (Å²) < 4.78 is 16.6. The van der Waals surface area contributed by atoms with Gasteiger partial charge in [-0.15, -0.1) is 0 Å². The highest BCUT2D eigenvalue weighted by atomic mass is 32.2. The summed E-state index contributed by atoms with van der Waals surface area (Å²) in [6, 6.07) is 23.9. The second-order valence-corrected chi connectivity index (χ2v) is 8.89. The van der Waals surface area contributed by atoms with Crippen LogP contribution in [0.3, 0.4) is 0 Å². The van der Waals surface area contributed by atoms with Gasteiger partial charge in [0, 0.05) is 17.0 Å². The molecule has 4 aromatic rings. The number of furan rings is 1. The van der Waals surface area contributed by atoms with E-state index in [4.69, 9.17) is 13.9 Å². The van der Waals surface area contributed by atoms with Crippen LogP contribution in [0.2, 0.25) is 0 Å². The van der Waals surface area contributed by atoms with Gasteiger partial charge in [-0.2, -0.15) is 0 Å². The largest absolute Gasteiger partial charge is 0.491 e. The Balaban J connectivity index is 1.28. The molecule has 180 valence electrons. The molecular weight excluding hydrogens is 478 g/mol. The summed E-state index contributed by atoms with van der Waals surface area (Å²) >= 11 is 0.851. The minimum Gasteiger partial charge on any atom is -0.491 e. The number of imide groups is 1. The van der Waals surface area contributed by atoms with Crippen molar-refractivity contribution in [3.63, 3.8) is 0 Å². The van der Waals surface area contributed by atoms with E-state index in [1.165, 1.54) is 13.2 Å². The van der Waals surface area contributed by atoms with Crippen LogP contribution in [0, 0.1) is 0 Å². The molecule has 0 radical (unpaired) electrons. The number of hydrogen-bond acceptors (Lipinski definition) is 7. The Kier molecular flexibility index (Phi) is 6.60. The van der Waals surface area contributed by atoms with Crippen LogP contribution in [-0.2, 0) is 9.53 Å². The lowest BCUT2D eigenvalue weighted by Crippen LogP contribution is -2.32. The number of carbonyl (C=O) groups excluding carboxylic acids is 3. The van der Waals surface area contributed by atoms with E-state index >= 15 is 0 Å². The van der Waals surface area contributed by atoms with Crippen LogP contribution in [-0.4, -0.2) is 42.3 Å². The van der Waals surface area contributed by atoms with Gasteiger partial charge in [-0.25, -0.2) is 4.79 Å². The van der Waals surface area contributed by atoms with Gasteiger partial charge in [-0.1, -0.05) is 54.6 Å². The highest BCUT2D eigenvalue weighted by Gasteiger charge is 2.35. The van der Waals surface area contributed by atoms with Gasteiger partial charge in [-0.3, -0.25) is 14.5 Å². The Bertz CT molecular complexity index is 1500. The summed E-state index contributed by atoms with van der Waals surface area (Å²) in [5.41, 5.74) is 0.940. The third-order valence-corrected chi connectivity index (χ3v) is 6.60. The fraction of sp³-hybridized carbons (Fsp3) is 0.107. The molecule has 0 saturated carbocycles. The van der Waals surface area contributed by atoms with E-state index in [0.717, 1.165) is 27.4 Å². The van der Waals surface area contributed by atoms with Crippen LogP contribution in [0.5, 0.6) is 5.75 Å². The van der Waals surface area contributed by atoms with Gasteiger partial charge >= 0.3 is 5.97 Å². The van der Waals surface area contributed by atoms with Gasteiger partial charge in [0.25, 0.3) is 11.1 Å². The average Bonchev–Trinajstić information content (AvgIpc) is 3.48. The molecule has 0 bridgehead atoms. The highest BCUT2D eigenvalue weighted by Crippen LogP contribution is 2.34. The molecule has 2 amide bonds. The first kappa shape index (κ1) is 23.4. The van der Waals surface area contributed by atoms with E-state index < -0.39 is 11.9 Å². The fourth-order valence-corrected chi connectivity index (χ4v) is 4.80. The van der Waals surface area contributed by atoms with Crippen LogP contribution in [0.1, 0.15) is 16.1 Å². The van der Waals surface area contributed by atoms with E-state index in [2.05, 4.69) is 0 Å². The van der Waals surface area contributed by atoms with Crippen molar-refractivity contribution in [3.8, 4) is 17.1 Å². The maximum absolute atomic E-state index is 12.9. The van der Waals surface area contributed by atoms with Gasteiger partial charge in [0.1, 0.15) is 23.9 Å². The first-order chi connectivity index (χ1) is 17.5. The lowest BCUT2D eigenvalue weighted by molar-refractivity contribution is -0.123. The fourth-order valence-electron chi connectivity index (χ4n) is 3.95. The number of amides is 2. The van der Waals surface area contributed by atoms with E-state index in [1.54, 1.807) is 36.4 Å². The maximum Gasteiger partial charge on any atom is 0.338 e. The van der Waals surface area contributed by atoms with Crippen molar-refractivity contribution in [2.24, 2.45) is 0 Å². The molecule has 36 heavy (non-hydrogen) atoms. The molecule has 7 nitrogen and oxygen atoms in total. The summed E-state index contributed by atoms with van der Waals surface area (Å²) in [5.74, 6) is 0.660. The molecule has 5 rings (SSSR count). The predicted octanol–water partition coefficient (Wildman–Crippen LogP) is 6.00. The molecule has 1 aliphatic rings. The smallest absolute Gasteiger partial charge is 0.338 e. The second-order valence-electron chi connectivity index (χ2n) is 7.90. The topological polar surface area (TPSA) is 86.0 Å². The molecule has 8 heteroatoms. The minimum absolute atomic E-state index is 0.126. The molecule has 1 aromatic heterocycles. The number of nitrogens with zero attached hydrogens (tertiary/aromatic N) is 1. The van der Waals surface area contributed by atoms with Crippen LogP contribution < -0.4 is 4.74 Å². The summed E-state index contributed by atoms with van der Waals surface area (Å²) in [7, 11) is 1.32. The zero-order chi connectivity index (χ0) is 25.1. The van der Waals surface area contributed by atoms with Gasteiger partial charge in [-0.05, 0) is 41.4 Å². The van der Waals surface area contributed by atoms with Gasteiger partial charge in [0.05, 0.1) is 24.1 Å². The standard InChI is InChI=1S/C28H21NO6S/c1-33-27(31)22-11-5-4-10-21(22)24-14-13-19(35-24)17-25-26(30)29(28(32)36-25)15-16-34-23-12-6-8-18-7-2-3-9-20(18)23/h2-14,17H,15-16H2,1H3/b25-17-. The van der Waals surface area contributed by atoms with Crippen molar-refractivity contribution in [3.05, 3.63) is 95.1 Å². The Morgan fingerprint density at radius 3 is 2.61 bits per heavy atom. The number of rotatable bonds is 7. The molecule has 0 N–H and O–H groups in total. The van der Waals surface area contributed by atoms with Crippen molar-refractivity contribution < 1.29 is 28.3 Å². The van der Waals surface area contributed by atoms with E-state index in [1.807, 2.05) is 42.5 Å². The third kappa shape index (κ3) is 4.63. The molecule has 1 fully saturated rings. The Morgan fingerprint density at radius 2 is 1.75 bits per heavy atom. The van der Waals surface area contributed by atoms with Crippen molar-refractivity contribution in [2.75, 3.05) is 20.3 Å². The number of ether oxygens (including phenoxy) is 2. The number of esters is 1. The molecule has 1 aliphatic heterocycles. The van der Waals surface area contributed by atoms with Crippen molar-refractivity contribution in [1.82, 2.24) is 4.90 Å². The van der Waals surface area contributed by atoms with E-state index in [0.29, 0.717) is 28.4 Å². The average molecular weight is 500 g/mol. The van der Waals surface area contributed by atoms with Crippen molar-refractivity contribution in [1.29, 1.82) is 0 Å². The Labute approximate surface area is 211 Å². The van der Waals surface area contributed by atoms with Gasteiger partial charge < -0.3 is 13.9 Å². The normalized spacial score (nSPS) is 14.6. The molecule has 3 aromatic carbocycles. The molecule has 0 unspecified atom stereocenters. The molecule has 0 atom stereocenters. The molecule has 1 saturated heterocycles. The number of fused-ring (bicyclic) bond motifs is 1. The number of methoxy groups -OCH3 is 1. The summed E-state index contributed by atoms with van der Waals surface area (Å²) in [4.78, 5) is 38.9. The summed E-state index contributed by atoms with van der Waals surface area (Å²) in [6.07, 6.45) is 1.53. The van der Waals surface area contributed by atoms with Crippen LogP contribution >= 0.6 is 11.8 Å². The van der Waals surface area contributed by atoms with E-state index in [9.17, 15) is 14.4 Å². The molecule has 0 aliphatic carbocycles. The summed E-state index contributed by atoms with van der Waals surface area (Å²) in [5, 5.41) is 1.66. The number of carbonyl (C=O) groups is 3. The lowest BCUT2D eigenvalue weighted by atomic mass is 10.1. The predicted molar refractivity (Wildman–Crippen MR) is 138 cm³/mol. The van der Waals surface area contributed by atoms with Gasteiger partial charge in [0.15, 0.2) is 0 Å². The highest BCUT2D eigenvalue weighted by molar-refractivity contribution is 8.18. The van der Waals surface area contributed by atoms with Crippen LogP contribution in [0.4, 0.5) is 4.79 Å². The number of hydrogen-bond donors (Lipinski definition) is 0. The zero-order valence-electron chi connectivity index (χ0n) is 19.3. The SMILES string of the molecule is COC(=O)c1ccccc1-c1ccc(/C=C2\SC(=O)N(CCOc3cccc4ccccc34)C2=O)o1. The second kappa shape index (κ2) is 10.1.